The summed E-state index contributed by atoms with van der Waals surface area (Å²) in [4.78, 5) is 5.62. The first kappa shape index (κ1) is 11.2. The Morgan fingerprint density at radius 1 is 1.59 bits per heavy atom. The number of rotatable bonds is 5. The van der Waals surface area contributed by atoms with Crippen LogP contribution in [-0.4, -0.2) is 28.1 Å². The van der Waals surface area contributed by atoms with Gasteiger partial charge in [-0.25, -0.2) is 4.98 Å². The van der Waals surface area contributed by atoms with Gasteiger partial charge in [-0.3, -0.25) is 4.40 Å². The van der Waals surface area contributed by atoms with Crippen LogP contribution in [0, 0.1) is 0 Å². The predicted molar refractivity (Wildman–Crippen MR) is 68.3 cm³/mol. The Bertz CT molecular complexity index is 458. The van der Waals surface area contributed by atoms with Crippen molar-refractivity contribution >= 4 is 16.3 Å². The minimum Gasteiger partial charge on any atom is -0.378 e. The van der Waals surface area contributed by atoms with Crippen molar-refractivity contribution in [1.82, 2.24) is 14.7 Å². The van der Waals surface area contributed by atoms with Crippen LogP contribution in [-0.2, 0) is 11.3 Å². The number of nitrogens with one attached hydrogen (secondary N) is 1. The van der Waals surface area contributed by atoms with Gasteiger partial charge in [0.25, 0.3) is 0 Å². The molecule has 1 aliphatic carbocycles. The van der Waals surface area contributed by atoms with E-state index in [4.69, 9.17) is 4.74 Å². The lowest BCUT2D eigenvalue weighted by molar-refractivity contribution is -0.0103. The molecule has 0 bridgehead atoms. The first-order chi connectivity index (χ1) is 8.35. The van der Waals surface area contributed by atoms with Crippen molar-refractivity contribution in [3.05, 3.63) is 23.5 Å². The van der Waals surface area contributed by atoms with Crippen molar-refractivity contribution < 1.29 is 4.74 Å². The van der Waals surface area contributed by atoms with E-state index in [1.807, 2.05) is 6.20 Å². The summed E-state index contributed by atoms with van der Waals surface area (Å²) in [7, 11) is 0. The van der Waals surface area contributed by atoms with Gasteiger partial charge in [0.15, 0.2) is 4.96 Å². The quantitative estimate of drug-likeness (QED) is 0.884. The fourth-order valence-corrected chi connectivity index (χ4v) is 2.93. The number of hydrogen-bond donors (Lipinski definition) is 1. The van der Waals surface area contributed by atoms with E-state index in [2.05, 4.69) is 33.2 Å². The Hall–Kier alpha value is -0.910. The van der Waals surface area contributed by atoms with E-state index in [-0.39, 0.29) is 0 Å². The van der Waals surface area contributed by atoms with Crippen LogP contribution in [0.25, 0.3) is 4.96 Å². The van der Waals surface area contributed by atoms with E-state index in [0.717, 1.165) is 36.6 Å². The lowest BCUT2D eigenvalue weighted by Gasteiger charge is -2.35. The fourth-order valence-electron chi connectivity index (χ4n) is 2.21. The highest BCUT2D eigenvalue weighted by Crippen LogP contribution is 2.23. The van der Waals surface area contributed by atoms with E-state index in [1.165, 1.54) is 0 Å². The summed E-state index contributed by atoms with van der Waals surface area (Å²) >= 11 is 1.67. The van der Waals surface area contributed by atoms with E-state index < -0.39 is 0 Å². The molecule has 0 unspecified atom stereocenters. The SMILES string of the molecule is CCOC1CC(NCc2cn3ccsc3n2)C1. The van der Waals surface area contributed by atoms with Crippen LogP contribution < -0.4 is 5.32 Å². The van der Waals surface area contributed by atoms with Gasteiger partial charge in [0, 0.05) is 37.0 Å². The van der Waals surface area contributed by atoms with Crippen LogP contribution in [0.2, 0.25) is 0 Å². The largest absolute Gasteiger partial charge is 0.378 e. The topological polar surface area (TPSA) is 38.6 Å². The molecule has 0 amide bonds. The van der Waals surface area contributed by atoms with Crippen molar-refractivity contribution in [2.75, 3.05) is 6.61 Å². The van der Waals surface area contributed by atoms with Gasteiger partial charge < -0.3 is 10.1 Å². The molecule has 0 saturated heterocycles. The number of fused-ring (bicyclic) bond motifs is 1. The van der Waals surface area contributed by atoms with Gasteiger partial charge in [-0.15, -0.1) is 11.3 Å². The maximum Gasteiger partial charge on any atom is 0.193 e. The smallest absolute Gasteiger partial charge is 0.193 e. The van der Waals surface area contributed by atoms with Crippen molar-refractivity contribution in [3.63, 3.8) is 0 Å². The Balaban J connectivity index is 1.47. The maximum absolute atomic E-state index is 5.54. The third-order valence-corrected chi connectivity index (χ3v) is 3.98. The van der Waals surface area contributed by atoms with Crippen molar-refractivity contribution in [2.24, 2.45) is 0 Å². The van der Waals surface area contributed by atoms with Crippen molar-refractivity contribution in [2.45, 2.75) is 38.5 Å². The van der Waals surface area contributed by atoms with Crippen molar-refractivity contribution in [1.29, 1.82) is 0 Å². The normalized spacial score (nSPS) is 24.1. The third kappa shape index (κ3) is 2.36. The lowest BCUT2D eigenvalue weighted by atomic mass is 9.89. The number of aromatic nitrogens is 2. The molecule has 0 aliphatic heterocycles. The first-order valence-corrected chi connectivity index (χ1v) is 6.99. The van der Waals surface area contributed by atoms with Gasteiger partial charge in [-0.1, -0.05) is 0 Å². The molecule has 0 aromatic carbocycles. The summed E-state index contributed by atoms with van der Waals surface area (Å²) in [6.45, 7) is 3.74. The van der Waals surface area contributed by atoms with E-state index in [1.54, 1.807) is 11.3 Å². The average Bonchev–Trinajstić information content (AvgIpc) is 2.81. The highest BCUT2D eigenvalue weighted by molar-refractivity contribution is 7.15. The molecule has 1 N–H and O–H groups in total. The number of imidazole rings is 1. The Kier molecular flexibility index (Phi) is 3.13. The molecule has 1 saturated carbocycles. The molecule has 2 aromatic heterocycles. The van der Waals surface area contributed by atoms with Crippen molar-refractivity contribution in [3.8, 4) is 0 Å². The van der Waals surface area contributed by atoms with Crippen LogP contribution in [0.1, 0.15) is 25.5 Å². The molecule has 2 heterocycles. The summed E-state index contributed by atoms with van der Waals surface area (Å²) in [5.74, 6) is 0. The molecule has 2 aromatic rings. The molecular formula is C12H17N3OS. The third-order valence-electron chi connectivity index (χ3n) is 3.21. The molecule has 0 spiro atoms. The zero-order chi connectivity index (χ0) is 11.7. The molecule has 5 heteroatoms. The number of hydrogen-bond acceptors (Lipinski definition) is 4. The van der Waals surface area contributed by atoms with Crippen LogP contribution in [0.15, 0.2) is 17.8 Å². The van der Waals surface area contributed by atoms with E-state index in [0.29, 0.717) is 12.1 Å². The minimum atomic E-state index is 0.475. The summed E-state index contributed by atoms with van der Waals surface area (Å²) in [5, 5.41) is 5.58. The van der Waals surface area contributed by atoms with Gasteiger partial charge in [0.1, 0.15) is 0 Å². The zero-order valence-electron chi connectivity index (χ0n) is 9.93. The second-order valence-electron chi connectivity index (χ2n) is 4.45. The van der Waals surface area contributed by atoms with Gasteiger partial charge in [0.2, 0.25) is 0 Å². The molecular weight excluding hydrogens is 234 g/mol. The standard InChI is InChI=1S/C12H17N3OS/c1-2-16-11-5-9(6-11)13-7-10-8-15-3-4-17-12(15)14-10/h3-4,8-9,11,13H,2,5-7H2,1H3. The van der Waals surface area contributed by atoms with Gasteiger partial charge in [-0.2, -0.15) is 0 Å². The number of thiazole rings is 1. The lowest BCUT2D eigenvalue weighted by Crippen LogP contribution is -2.45. The van der Waals surface area contributed by atoms with E-state index >= 15 is 0 Å². The van der Waals surface area contributed by atoms with E-state index in [9.17, 15) is 0 Å². The summed E-state index contributed by atoms with van der Waals surface area (Å²) in [6, 6.07) is 0.603. The first-order valence-electron chi connectivity index (χ1n) is 6.11. The van der Waals surface area contributed by atoms with Crippen LogP contribution in [0.3, 0.4) is 0 Å². The molecule has 1 fully saturated rings. The van der Waals surface area contributed by atoms with Gasteiger partial charge in [-0.05, 0) is 19.8 Å². The summed E-state index contributed by atoms with van der Waals surface area (Å²) in [5.41, 5.74) is 1.12. The van der Waals surface area contributed by atoms with Gasteiger partial charge in [0.05, 0.1) is 11.8 Å². The molecule has 17 heavy (non-hydrogen) atoms. The van der Waals surface area contributed by atoms with Crippen LogP contribution in [0.4, 0.5) is 0 Å². The number of ether oxygens (including phenoxy) is 1. The second kappa shape index (κ2) is 4.76. The average molecular weight is 251 g/mol. The summed E-state index contributed by atoms with van der Waals surface area (Å²) in [6.07, 6.45) is 6.89. The fraction of sp³-hybridized carbons (Fsp3) is 0.583. The monoisotopic (exact) mass is 251 g/mol. The molecule has 0 atom stereocenters. The molecule has 1 aliphatic rings. The zero-order valence-corrected chi connectivity index (χ0v) is 10.7. The predicted octanol–water partition coefficient (Wildman–Crippen LogP) is 2.05. The molecule has 92 valence electrons. The van der Waals surface area contributed by atoms with Gasteiger partial charge >= 0.3 is 0 Å². The minimum absolute atomic E-state index is 0.475. The van der Waals surface area contributed by atoms with Crippen LogP contribution in [0.5, 0.6) is 0 Å². The Morgan fingerprint density at radius 3 is 3.24 bits per heavy atom. The summed E-state index contributed by atoms with van der Waals surface area (Å²) < 4.78 is 7.61. The number of nitrogens with zero attached hydrogens (tertiary/aromatic N) is 2. The highest BCUT2D eigenvalue weighted by atomic mass is 32.1. The highest BCUT2D eigenvalue weighted by Gasteiger charge is 2.28. The second-order valence-corrected chi connectivity index (χ2v) is 5.32. The van der Waals surface area contributed by atoms with Crippen LogP contribution >= 0.6 is 11.3 Å². The Morgan fingerprint density at radius 2 is 2.47 bits per heavy atom. The molecule has 3 rings (SSSR count). The Labute approximate surface area is 105 Å². The molecule has 0 radical (unpaired) electrons. The maximum atomic E-state index is 5.54. The molecule has 4 nitrogen and oxygen atoms in total.